The van der Waals surface area contributed by atoms with E-state index in [1.54, 1.807) is 22.5 Å². The second-order valence-electron chi connectivity index (χ2n) is 5.67. The van der Waals surface area contributed by atoms with Crippen LogP contribution in [0.2, 0.25) is 5.02 Å². The van der Waals surface area contributed by atoms with Crippen molar-refractivity contribution < 1.29 is 9.59 Å². The summed E-state index contributed by atoms with van der Waals surface area (Å²) in [6.45, 7) is 8.25. The van der Waals surface area contributed by atoms with Crippen molar-refractivity contribution in [2.45, 2.75) is 40.8 Å². The standard InChI is InChI=1S/C15H21ClN6O2/c1-5-21-7-11(13(20-21)14(17)23)18-15(24)8(2)6-22-10(4)12(16)9(3)19-22/h7-8H,5-6H2,1-4H3,(H2,17,23)(H,18,24). The molecule has 0 aliphatic rings. The summed E-state index contributed by atoms with van der Waals surface area (Å²) in [7, 11) is 0. The number of primary amides is 1. The van der Waals surface area contributed by atoms with Gasteiger partial charge in [0.2, 0.25) is 5.91 Å². The van der Waals surface area contributed by atoms with Crippen molar-refractivity contribution in [3.63, 3.8) is 0 Å². The molecule has 130 valence electrons. The van der Waals surface area contributed by atoms with Crippen LogP contribution in [-0.4, -0.2) is 31.4 Å². The zero-order valence-corrected chi connectivity index (χ0v) is 14.9. The number of amides is 2. The van der Waals surface area contributed by atoms with E-state index in [4.69, 9.17) is 17.3 Å². The zero-order valence-electron chi connectivity index (χ0n) is 14.1. The Hall–Kier alpha value is -2.35. The molecule has 0 fully saturated rings. The third-order valence-electron chi connectivity index (χ3n) is 3.76. The Labute approximate surface area is 145 Å². The van der Waals surface area contributed by atoms with Gasteiger partial charge in [-0.2, -0.15) is 10.2 Å². The predicted octanol–water partition coefficient (Wildman–Crippen LogP) is 1.74. The van der Waals surface area contributed by atoms with E-state index >= 15 is 0 Å². The molecule has 0 saturated heterocycles. The molecule has 3 N–H and O–H groups in total. The number of aromatic nitrogens is 4. The smallest absolute Gasteiger partial charge is 0.271 e. The predicted molar refractivity (Wildman–Crippen MR) is 90.9 cm³/mol. The highest BCUT2D eigenvalue weighted by Gasteiger charge is 2.21. The van der Waals surface area contributed by atoms with Gasteiger partial charge in [0.1, 0.15) is 0 Å². The number of nitrogens with two attached hydrogens (primary N) is 1. The summed E-state index contributed by atoms with van der Waals surface area (Å²) in [5.41, 5.74) is 7.20. The van der Waals surface area contributed by atoms with E-state index < -0.39 is 5.91 Å². The Bertz CT molecular complexity index is 779. The number of halogens is 1. The molecule has 2 amide bonds. The maximum atomic E-state index is 12.4. The molecule has 2 rings (SSSR count). The second-order valence-corrected chi connectivity index (χ2v) is 6.05. The number of hydrogen-bond acceptors (Lipinski definition) is 4. The van der Waals surface area contributed by atoms with Crippen LogP contribution in [-0.2, 0) is 17.9 Å². The maximum Gasteiger partial charge on any atom is 0.271 e. The summed E-state index contributed by atoms with van der Waals surface area (Å²) >= 11 is 6.12. The van der Waals surface area contributed by atoms with Crippen LogP contribution in [0.15, 0.2) is 6.20 Å². The zero-order chi connectivity index (χ0) is 18.0. The summed E-state index contributed by atoms with van der Waals surface area (Å²) < 4.78 is 3.24. The fourth-order valence-corrected chi connectivity index (χ4v) is 2.44. The average Bonchev–Trinajstić information content (AvgIpc) is 3.04. The third kappa shape index (κ3) is 3.59. The number of anilines is 1. The number of nitrogens with zero attached hydrogens (tertiary/aromatic N) is 4. The van der Waals surface area contributed by atoms with Crippen molar-refractivity contribution in [2.24, 2.45) is 11.7 Å². The lowest BCUT2D eigenvalue weighted by atomic mass is 10.1. The molecule has 2 heterocycles. The number of nitrogens with one attached hydrogen (secondary N) is 1. The molecule has 24 heavy (non-hydrogen) atoms. The monoisotopic (exact) mass is 352 g/mol. The number of carbonyl (C=O) groups is 2. The highest BCUT2D eigenvalue weighted by atomic mass is 35.5. The molecule has 1 atom stereocenters. The molecule has 0 aromatic carbocycles. The van der Waals surface area contributed by atoms with Gasteiger partial charge in [0, 0.05) is 12.7 Å². The molecule has 9 heteroatoms. The van der Waals surface area contributed by atoms with Crippen LogP contribution < -0.4 is 11.1 Å². The van der Waals surface area contributed by atoms with Crippen molar-refractivity contribution in [1.29, 1.82) is 0 Å². The fraction of sp³-hybridized carbons (Fsp3) is 0.467. The van der Waals surface area contributed by atoms with Crippen molar-refractivity contribution in [2.75, 3.05) is 5.32 Å². The lowest BCUT2D eigenvalue weighted by Gasteiger charge is -2.13. The first-order chi connectivity index (χ1) is 11.2. The minimum absolute atomic E-state index is 0.0477. The third-order valence-corrected chi connectivity index (χ3v) is 4.31. The summed E-state index contributed by atoms with van der Waals surface area (Å²) in [6, 6.07) is 0. The quantitative estimate of drug-likeness (QED) is 0.825. The molecule has 0 aliphatic heterocycles. The van der Waals surface area contributed by atoms with E-state index in [-0.39, 0.29) is 17.5 Å². The molecule has 1 unspecified atom stereocenters. The van der Waals surface area contributed by atoms with Crippen LogP contribution in [0.1, 0.15) is 35.7 Å². The lowest BCUT2D eigenvalue weighted by Crippen LogP contribution is -2.26. The average molecular weight is 353 g/mol. The fourth-order valence-electron chi connectivity index (χ4n) is 2.31. The molecule has 0 aliphatic carbocycles. The van der Waals surface area contributed by atoms with Gasteiger partial charge in [0.05, 0.1) is 34.6 Å². The second kappa shape index (κ2) is 7.04. The summed E-state index contributed by atoms with van der Waals surface area (Å²) in [4.78, 5) is 23.9. The van der Waals surface area contributed by atoms with Gasteiger partial charge in [0.15, 0.2) is 5.69 Å². The van der Waals surface area contributed by atoms with Crippen LogP contribution in [0.25, 0.3) is 0 Å². The summed E-state index contributed by atoms with van der Waals surface area (Å²) in [6.07, 6.45) is 1.59. The van der Waals surface area contributed by atoms with Crippen LogP contribution in [0.3, 0.4) is 0 Å². The largest absolute Gasteiger partial charge is 0.364 e. The Morgan fingerprint density at radius 1 is 1.38 bits per heavy atom. The van der Waals surface area contributed by atoms with Gasteiger partial charge < -0.3 is 11.1 Å². The Morgan fingerprint density at radius 2 is 2.04 bits per heavy atom. The van der Waals surface area contributed by atoms with Crippen LogP contribution in [0.4, 0.5) is 5.69 Å². The summed E-state index contributed by atoms with van der Waals surface area (Å²) in [5.74, 6) is -1.32. The molecule has 2 aromatic rings. The van der Waals surface area contributed by atoms with E-state index in [1.807, 2.05) is 20.8 Å². The molecular weight excluding hydrogens is 332 g/mol. The summed E-state index contributed by atoms with van der Waals surface area (Å²) in [5, 5.41) is 11.7. The Balaban J connectivity index is 2.13. The normalized spacial score (nSPS) is 12.2. The van der Waals surface area contributed by atoms with E-state index in [2.05, 4.69) is 15.5 Å². The van der Waals surface area contributed by atoms with Gasteiger partial charge in [0.25, 0.3) is 5.91 Å². The van der Waals surface area contributed by atoms with Gasteiger partial charge in [-0.1, -0.05) is 18.5 Å². The topological polar surface area (TPSA) is 108 Å². The molecular formula is C15H21ClN6O2. The van der Waals surface area contributed by atoms with Gasteiger partial charge in [-0.15, -0.1) is 0 Å². The number of hydrogen-bond donors (Lipinski definition) is 2. The SMILES string of the molecule is CCn1cc(NC(=O)C(C)Cn2nc(C)c(Cl)c2C)c(C(N)=O)n1. The molecule has 0 bridgehead atoms. The van der Waals surface area contributed by atoms with Crippen molar-refractivity contribution in [1.82, 2.24) is 19.6 Å². The number of carbonyl (C=O) groups excluding carboxylic acids is 2. The Morgan fingerprint density at radius 3 is 2.54 bits per heavy atom. The first-order valence-corrected chi connectivity index (χ1v) is 8.00. The van der Waals surface area contributed by atoms with Gasteiger partial charge in [-0.05, 0) is 20.8 Å². The van der Waals surface area contributed by atoms with Crippen molar-refractivity contribution in [3.05, 3.63) is 28.3 Å². The van der Waals surface area contributed by atoms with E-state index in [0.717, 1.165) is 11.4 Å². The van der Waals surface area contributed by atoms with E-state index in [9.17, 15) is 9.59 Å². The highest BCUT2D eigenvalue weighted by molar-refractivity contribution is 6.31. The number of aryl methyl sites for hydroxylation is 2. The van der Waals surface area contributed by atoms with Crippen molar-refractivity contribution >= 4 is 29.1 Å². The van der Waals surface area contributed by atoms with Crippen molar-refractivity contribution in [3.8, 4) is 0 Å². The van der Waals surface area contributed by atoms with E-state index in [0.29, 0.717) is 23.8 Å². The lowest BCUT2D eigenvalue weighted by molar-refractivity contribution is -0.119. The van der Waals surface area contributed by atoms with Crippen LogP contribution in [0, 0.1) is 19.8 Å². The first-order valence-electron chi connectivity index (χ1n) is 7.62. The van der Waals surface area contributed by atoms with Gasteiger partial charge >= 0.3 is 0 Å². The Kier molecular flexibility index (Phi) is 5.28. The minimum Gasteiger partial charge on any atom is -0.364 e. The first kappa shape index (κ1) is 18.0. The highest BCUT2D eigenvalue weighted by Crippen LogP contribution is 2.20. The molecule has 8 nitrogen and oxygen atoms in total. The number of rotatable bonds is 6. The minimum atomic E-state index is -0.685. The van der Waals surface area contributed by atoms with Crippen LogP contribution in [0.5, 0.6) is 0 Å². The maximum absolute atomic E-state index is 12.4. The van der Waals surface area contributed by atoms with Gasteiger partial charge in [-0.3, -0.25) is 19.0 Å². The van der Waals surface area contributed by atoms with E-state index in [1.165, 1.54) is 0 Å². The molecule has 0 saturated carbocycles. The molecule has 0 spiro atoms. The molecule has 0 radical (unpaired) electrons. The van der Waals surface area contributed by atoms with Crippen LogP contribution >= 0.6 is 11.6 Å². The molecule has 2 aromatic heterocycles. The van der Waals surface area contributed by atoms with Gasteiger partial charge in [-0.25, -0.2) is 0 Å².